The van der Waals surface area contributed by atoms with E-state index >= 15 is 0 Å². The van der Waals surface area contributed by atoms with Crippen LogP contribution in [0.1, 0.15) is 25.7 Å². The second-order valence-corrected chi connectivity index (χ2v) is 4.77. The molecule has 1 spiro atoms. The minimum Gasteiger partial charge on any atom is -0.481 e. The third-order valence-corrected chi connectivity index (χ3v) is 3.68. The molecule has 2 rings (SSSR count). The van der Waals surface area contributed by atoms with E-state index in [1.165, 1.54) is 6.42 Å². The maximum atomic E-state index is 10.8. The van der Waals surface area contributed by atoms with Gasteiger partial charge in [0.05, 0.1) is 5.92 Å². The lowest BCUT2D eigenvalue weighted by Gasteiger charge is -2.22. The second kappa shape index (κ2) is 2.98. The summed E-state index contributed by atoms with van der Waals surface area (Å²) in [4.78, 5) is 13.1. The van der Waals surface area contributed by atoms with Crippen molar-refractivity contribution in [3.05, 3.63) is 0 Å². The van der Waals surface area contributed by atoms with Gasteiger partial charge in [0.25, 0.3) is 0 Å². The third kappa shape index (κ3) is 1.57. The van der Waals surface area contributed by atoms with Crippen molar-refractivity contribution in [3.8, 4) is 0 Å². The Morgan fingerprint density at radius 2 is 2.31 bits per heavy atom. The number of carboxylic acid groups (broad SMARTS) is 1. The fourth-order valence-corrected chi connectivity index (χ4v) is 2.95. The van der Waals surface area contributed by atoms with Crippen LogP contribution >= 0.6 is 0 Å². The second-order valence-electron chi connectivity index (χ2n) is 4.77. The zero-order chi connectivity index (χ0) is 9.47. The number of hydrogen-bond acceptors (Lipinski definition) is 2. The molecule has 3 nitrogen and oxygen atoms in total. The summed E-state index contributed by atoms with van der Waals surface area (Å²) in [5, 5.41) is 8.91. The summed E-state index contributed by atoms with van der Waals surface area (Å²) in [7, 11) is 2.13. The molecule has 2 atom stereocenters. The lowest BCUT2D eigenvalue weighted by atomic mass is 9.84. The molecule has 1 saturated carbocycles. The van der Waals surface area contributed by atoms with Gasteiger partial charge in [0.1, 0.15) is 0 Å². The van der Waals surface area contributed by atoms with Gasteiger partial charge in [0.15, 0.2) is 0 Å². The predicted molar refractivity (Wildman–Crippen MR) is 49.5 cm³/mol. The highest BCUT2D eigenvalue weighted by Gasteiger charge is 2.44. The molecule has 0 radical (unpaired) electrons. The Morgan fingerprint density at radius 1 is 1.54 bits per heavy atom. The maximum Gasteiger partial charge on any atom is 0.306 e. The topological polar surface area (TPSA) is 40.5 Å². The van der Waals surface area contributed by atoms with Crippen LogP contribution in [0.5, 0.6) is 0 Å². The van der Waals surface area contributed by atoms with E-state index in [-0.39, 0.29) is 5.92 Å². The maximum absolute atomic E-state index is 10.8. The average molecular weight is 183 g/mol. The molecule has 0 aromatic carbocycles. The zero-order valence-electron chi connectivity index (χ0n) is 8.12. The molecule has 13 heavy (non-hydrogen) atoms. The van der Waals surface area contributed by atoms with Crippen LogP contribution in [0.25, 0.3) is 0 Å². The number of hydrogen-bond donors (Lipinski definition) is 1. The van der Waals surface area contributed by atoms with Gasteiger partial charge in [-0.2, -0.15) is 0 Å². The number of rotatable bonds is 1. The summed E-state index contributed by atoms with van der Waals surface area (Å²) in [6.07, 6.45) is 4.12. The Balaban J connectivity index is 2.01. The first-order valence-electron chi connectivity index (χ1n) is 5.03. The van der Waals surface area contributed by atoms with Crippen molar-refractivity contribution >= 4 is 5.97 Å². The molecular formula is C10H17NO2. The summed E-state index contributed by atoms with van der Waals surface area (Å²) in [5.41, 5.74) is 0.359. The fraction of sp³-hybridized carbons (Fsp3) is 0.900. The van der Waals surface area contributed by atoms with Crippen molar-refractivity contribution in [2.75, 3.05) is 20.1 Å². The van der Waals surface area contributed by atoms with Crippen molar-refractivity contribution in [2.45, 2.75) is 25.7 Å². The summed E-state index contributed by atoms with van der Waals surface area (Å²) >= 11 is 0. The van der Waals surface area contributed by atoms with E-state index in [4.69, 9.17) is 5.11 Å². The first-order valence-corrected chi connectivity index (χ1v) is 5.03. The Morgan fingerprint density at radius 3 is 2.77 bits per heavy atom. The van der Waals surface area contributed by atoms with E-state index in [1.54, 1.807) is 0 Å². The van der Waals surface area contributed by atoms with Crippen molar-refractivity contribution in [1.82, 2.24) is 4.90 Å². The third-order valence-electron chi connectivity index (χ3n) is 3.68. The van der Waals surface area contributed by atoms with Crippen LogP contribution in [0.15, 0.2) is 0 Å². The highest BCUT2D eigenvalue weighted by Crippen LogP contribution is 2.47. The van der Waals surface area contributed by atoms with E-state index in [2.05, 4.69) is 11.9 Å². The van der Waals surface area contributed by atoms with Crippen LogP contribution in [-0.2, 0) is 4.79 Å². The van der Waals surface area contributed by atoms with Crippen LogP contribution in [0.3, 0.4) is 0 Å². The molecule has 0 unspecified atom stereocenters. The van der Waals surface area contributed by atoms with Crippen LogP contribution < -0.4 is 0 Å². The number of carboxylic acids is 1. The summed E-state index contributed by atoms with van der Waals surface area (Å²) in [6, 6.07) is 0. The number of carbonyl (C=O) groups is 1. The first kappa shape index (κ1) is 9.00. The number of likely N-dealkylation sites (tertiary alicyclic amines) is 1. The highest BCUT2D eigenvalue weighted by atomic mass is 16.4. The predicted octanol–water partition coefficient (Wildman–Crippen LogP) is 1.19. The lowest BCUT2D eigenvalue weighted by Crippen LogP contribution is -2.23. The standard InChI is InChI=1S/C10H17NO2/c1-11-5-4-10(7-11)3-2-8(6-10)9(12)13/h8H,2-7H2,1H3,(H,12,13)/t8-,10+/m1/s1. The SMILES string of the molecule is CN1CC[C@]2(CC[C@@H](C(=O)O)C2)C1. The van der Waals surface area contributed by atoms with Crippen LogP contribution in [0.4, 0.5) is 0 Å². The molecule has 0 aromatic heterocycles. The quantitative estimate of drug-likeness (QED) is 0.664. The molecule has 1 saturated heterocycles. The van der Waals surface area contributed by atoms with Crippen LogP contribution in [0, 0.1) is 11.3 Å². The van der Waals surface area contributed by atoms with Crippen molar-refractivity contribution in [2.24, 2.45) is 11.3 Å². The molecule has 1 aliphatic heterocycles. The summed E-state index contributed by atoms with van der Waals surface area (Å²) in [5.74, 6) is -0.655. The Labute approximate surface area is 78.7 Å². The largest absolute Gasteiger partial charge is 0.481 e. The van der Waals surface area contributed by atoms with Gasteiger partial charge < -0.3 is 10.0 Å². The van der Waals surface area contributed by atoms with Crippen molar-refractivity contribution < 1.29 is 9.90 Å². The Kier molecular flexibility index (Phi) is 2.06. The van der Waals surface area contributed by atoms with E-state index in [9.17, 15) is 4.79 Å². The van der Waals surface area contributed by atoms with Gasteiger partial charge in [-0.05, 0) is 44.7 Å². The van der Waals surface area contributed by atoms with Gasteiger partial charge in [-0.15, -0.1) is 0 Å². The molecule has 1 N–H and O–H groups in total. The van der Waals surface area contributed by atoms with Gasteiger partial charge in [0, 0.05) is 6.54 Å². The zero-order valence-corrected chi connectivity index (χ0v) is 8.12. The first-order chi connectivity index (χ1) is 6.11. The molecule has 3 heteroatoms. The van der Waals surface area contributed by atoms with Crippen molar-refractivity contribution in [1.29, 1.82) is 0 Å². The lowest BCUT2D eigenvalue weighted by molar-refractivity contribution is -0.141. The fourth-order valence-electron chi connectivity index (χ4n) is 2.95. The molecule has 0 amide bonds. The highest BCUT2D eigenvalue weighted by molar-refractivity contribution is 5.70. The molecule has 1 aliphatic carbocycles. The molecule has 0 aromatic rings. The molecule has 0 bridgehead atoms. The van der Waals surface area contributed by atoms with Gasteiger partial charge in [-0.3, -0.25) is 4.79 Å². The van der Waals surface area contributed by atoms with Gasteiger partial charge >= 0.3 is 5.97 Å². The Bertz CT molecular complexity index is 229. The molecular weight excluding hydrogens is 166 g/mol. The van der Waals surface area contributed by atoms with Gasteiger partial charge in [-0.1, -0.05) is 0 Å². The smallest absolute Gasteiger partial charge is 0.306 e. The summed E-state index contributed by atoms with van der Waals surface area (Å²) in [6.45, 7) is 2.25. The normalized spacial score (nSPS) is 40.2. The van der Waals surface area contributed by atoms with Crippen molar-refractivity contribution in [3.63, 3.8) is 0 Å². The minimum absolute atomic E-state index is 0.0634. The minimum atomic E-state index is -0.591. The van der Waals surface area contributed by atoms with Crippen LogP contribution in [0.2, 0.25) is 0 Å². The van der Waals surface area contributed by atoms with E-state index < -0.39 is 5.97 Å². The number of aliphatic carboxylic acids is 1. The monoisotopic (exact) mass is 183 g/mol. The Hall–Kier alpha value is -0.570. The molecule has 1 heterocycles. The van der Waals surface area contributed by atoms with E-state index in [1.807, 2.05) is 0 Å². The molecule has 2 aliphatic rings. The van der Waals surface area contributed by atoms with Crippen LogP contribution in [-0.4, -0.2) is 36.1 Å². The van der Waals surface area contributed by atoms with Gasteiger partial charge in [0.2, 0.25) is 0 Å². The molecule has 2 fully saturated rings. The van der Waals surface area contributed by atoms with E-state index in [0.29, 0.717) is 5.41 Å². The number of nitrogens with zero attached hydrogens (tertiary/aromatic N) is 1. The summed E-state index contributed by atoms with van der Waals surface area (Å²) < 4.78 is 0. The molecule has 74 valence electrons. The van der Waals surface area contributed by atoms with E-state index in [0.717, 1.165) is 32.4 Å². The average Bonchev–Trinajstić information content (AvgIpc) is 2.61. The van der Waals surface area contributed by atoms with Gasteiger partial charge in [-0.25, -0.2) is 0 Å².